The molecule has 0 saturated carbocycles. The first-order valence-corrected chi connectivity index (χ1v) is 8.96. The number of carbonyl (C=O) groups is 2. The third kappa shape index (κ3) is 2.59. The molecule has 0 spiro atoms. The first kappa shape index (κ1) is 17.1. The lowest BCUT2D eigenvalue weighted by Crippen LogP contribution is -2.40. The molecule has 3 amide bonds. The number of amides is 3. The second kappa shape index (κ2) is 5.99. The number of urea groups is 1. The highest BCUT2D eigenvalue weighted by atomic mass is 16.5. The summed E-state index contributed by atoms with van der Waals surface area (Å²) in [5.74, 6) is 0.400. The van der Waals surface area contributed by atoms with E-state index in [1.807, 2.05) is 31.3 Å². The highest BCUT2D eigenvalue weighted by molar-refractivity contribution is 6.07. The molecule has 2 aromatic carbocycles. The molecule has 1 atom stereocenters. The first-order valence-electron chi connectivity index (χ1n) is 8.96. The van der Waals surface area contributed by atoms with E-state index in [4.69, 9.17) is 4.52 Å². The van der Waals surface area contributed by atoms with Gasteiger partial charge in [-0.1, -0.05) is 47.6 Å². The van der Waals surface area contributed by atoms with Crippen LogP contribution in [0.4, 0.5) is 4.79 Å². The zero-order chi connectivity index (χ0) is 20.2. The Balaban J connectivity index is 1.49. The predicted molar refractivity (Wildman–Crippen MR) is 103 cm³/mol. The maximum Gasteiger partial charge on any atom is 0.322 e. The Morgan fingerprint density at radius 1 is 1.07 bits per heavy atom. The van der Waals surface area contributed by atoms with E-state index in [2.05, 4.69) is 25.9 Å². The van der Waals surface area contributed by atoms with Crippen LogP contribution in [0.1, 0.15) is 12.5 Å². The molecule has 1 aliphatic rings. The fraction of sp³-hybridized carbons (Fsp3) is 0.150. The molecule has 9 heteroatoms. The van der Waals surface area contributed by atoms with Crippen molar-refractivity contribution in [2.24, 2.45) is 7.05 Å². The van der Waals surface area contributed by atoms with Crippen LogP contribution in [0.15, 0.2) is 53.1 Å². The Kier molecular flexibility index (Phi) is 3.54. The summed E-state index contributed by atoms with van der Waals surface area (Å²) < 4.78 is 7.21. The Hall–Kier alpha value is -4.01. The maximum atomic E-state index is 12.1. The molecule has 2 N–H and O–H groups in total. The Morgan fingerprint density at radius 2 is 1.83 bits per heavy atom. The molecule has 29 heavy (non-hydrogen) atoms. The molecule has 1 aliphatic heterocycles. The largest absolute Gasteiger partial charge is 0.332 e. The summed E-state index contributed by atoms with van der Waals surface area (Å²) in [6.07, 6.45) is 0. The zero-order valence-corrected chi connectivity index (χ0v) is 15.6. The minimum atomic E-state index is -1.11. The predicted octanol–water partition coefficient (Wildman–Crippen LogP) is 2.34. The van der Waals surface area contributed by atoms with Crippen molar-refractivity contribution >= 4 is 22.8 Å². The summed E-state index contributed by atoms with van der Waals surface area (Å²) in [5.41, 5.74) is 1.87. The molecule has 144 valence electrons. The third-order valence-corrected chi connectivity index (χ3v) is 5.13. The van der Waals surface area contributed by atoms with Crippen LogP contribution in [-0.4, -0.2) is 31.9 Å². The molecule has 0 aliphatic carbocycles. The number of aromatic nitrogens is 4. The van der Waals surface area contributed by atoms with Gasteiger partial charge in [-0.2, -0.15) is 10.1 Å². The van der Waals surface area contributed by atoms with Crippen molar-refractivity contribution in [3.63, 3.8) is 0 Å². The van der Waals surface area contributed by atoms with Crippen LogP contribution in [0.3, 0.4) is 0 Å². The van der Waals surface area contributed by atoms with Gasteiger partial charge in [-0.3, -0.25) is 14.8 Å². The minimum Gasteiger partial charge on any atom is -0.332 e. The Morgan fingerprint density at radius 3 is 2.55 bits per heavy atom. The van der Waals surface area contributed by atoms with Crippen molar-refractivity contribution in [2.45, 2.75) is 12.5 Å². The normalized spacial score (nSPS) is 18.8. The van der Waals surface area contributed by atoms with E-state index in [0.717, 1.165) is 22.2 Å². The van der Waals surface area contributed by atoms with Crippen LogP contribution in [0.5, 0.6) is 0 Å². The Bertz CT molecular complexity index is 1270. The summed E-state index contributed by atoms with van der Waals surface area (Å²) in [6.45, 7) is 1.65. The fourth-order valence-electron chi connectivity index (χ4n) is 3.54. The number of rotatable bonds is 3. The second-order valence-electron chi connectivity index (χ2n) is 7.02. The van der Waals surface area contributed by atoms with Crippen LogP contribution >= 0.6 is 0 Å². The molecule has 0 bridgehead atoms. The van der Waals surface area contributed by atoms with Crippen molar-refractivity contribution in [2.75, 3.05) is 0 Å². The third-order valence-electron chi connectivity index (χ3n) is 5.13. The van der Waals surface area contributed by atoms with Crippen molar-refractivity contribution in [3.8, 4) is 23.0 Å². The van der Waals surface area contributed by atoms with E-state index in [1.165, 1.54) is 0 Å². The van der Waals surface area contributed by atoms with Gasteiger partial charge in [0.05, 0.1) is 5.52 Å². The van der Waals surface area contributed by atoms with E-state index < -0.39 is 11.6 Å². The number of hydrogen-bond acceptors (Lipinski definition) is 6. The van der Waals surface area contributed by atoms with Crippen LogP contribution in [-0.2, 0) is 17.4 Å². The van der Waals surface area contributed by atoms with Gasteiger partial charge in [-0.05, 0) is 18.6 Å². The van der Waals surface area contributed by atoms with Gasteiger partial charge in [-0.25, -0.2) is 4.79 Å². The topological polar surface area (TPSA) is 115 Å². The van der Waals surface area contributed by atoms with Crippen molar-refractivity contribution in [1.29, 1.82) is 0 Å². The van der Waals surface area contributed by atoms with Gasteiger partial charge < -0.3 is 9.84 Å². The summed E-state index contributed by atoms with van der Waals surface area (Å²) in [6, 6.07) is 14.3. The Labute approximate surface area is 164 Å². The molecule has 5 rings (SSSR count). The number of nitrogens with zero attached hydrogens (tertiary/aromatic N) is 4. The van der Waals surface area contributed by atoms with Crippen molar-refractivity contribution < 1.29 is 14.1 Å². The molecular weight excluding hydrogens is 372 g/mol. The number of fused-ring (bicyclic) bond motifs is 1. The highest BCUT2D eigenvalue weighted by Crippen LogP contribution is 2.30. The zero-order valence-electron chi connectivity index (χ0n) is 15.6. The lowest BCUT2D eigenvalue weighted by molar-refractivity contribution is -0.123. The second-order valence-corrected chi connectivity index (χ2v) is 7.02. The van der Waals surface area contributed by atoms with Gasteiger partial charge in [0.25, 0.3) is 11.8 Å². The molecule has 1 saturated heterocycles. The van der Waals surface area contributed by atoms with Crippen LogP contribution in [0, 0.1) is 0 Å². The standard InChI is InChI=1S/C20H16N6O3/c1-20(18(27)22-19(28)23-20)12-9-7-11(8-10-12)16-21-17(29-25-16)15-13-5-3-4-6-14(13)24-26(15)2/h3-10H,1-2H3,(H2,22,23,27,28). The molecule has 1 fully saturated rings. The molecule has 1 unspecified atom stereocenters. The number of imide groups is 1. The van der Waals surface area contributed by atoms with E-state index in [-0.39, 0.29) is 5.91 Å². The maximum absolute atomic E-state index is 12.1. The lowest BCUT2D eigenvalue weighted by Gasteiger charge is -2.20. The quantitative estimate of drug-likeness (QED) is 0.521. The average Bonchev–Trinajstić information content (AvgIpc) is 3.37. The molecule has 9 nitrogen and oxygen atoms in total. The van der Waals surface area contributed by atoms with Crippen LogP contribution in [0.2, 0.25) is 0 Å². The lowest BCUT2D eigenvalue weighted by atomic mass is 9.91. The molecule has 0 radical (unpaired) electrons. The van der Waals surface area contributed by atoms with E-state index in [0.29, 0.717) is 17.3 Å². The van der Waals surface area contributed by atoms with Crippen LogP contribution < -0.4 is 10.6 Å². The number of aryl methyl sites for hydroxylation is 1. The van der Waals surface area contributed by atoms with Gasteiger partial charge >= 0.3 is 6.03 Å². The summed E-state index contributed by atoms with van der Waals surface area (Å²) >= 11 is 0. The van der Waals surface area contributed by atoms with Crippen LogP contribution in [0.25, 0.3) is 33.9 Å². The molecule has 3 heterocycles. The smallest absolute Gasteiger partial charge is 0.322 e. The monoisotopic (exact) mass is 388 g/mol. The summed E-state index contributed by atoms with van der Waals surface area (Å²) in [4.78, 5) is 28.1. The van der Waals surface area contributed by atoms with E-state index >= 15 is 0 Å². The van der Waals surface area contributed by atoms with Gasteiger partial charge in [0.15, 0.2) is 0 Å². The number of benzene rings is 2. The fourth-order valence-corrected chi connectivity index (χ4v) is 3.54. The summed E-state index contributed by atoms with van der Waals surface area (Å²) in [7, 11) is 1.83. The number of carbonyl (C=O) groups excluding carboxylic acids is 2. The molecular formula is C20H16N6O3. The molecule has 2 aromatic heterocycles. The average molecular weight is 388 g/mol. The number of nitrogens with one attached hydrogen (secondary N) is 2. The van der Waals surface area contributed by atoms with Gasteiger partial charge in [0, 0.05) is 18.0 Å². The van der Waals surface area contributed by atoms with Gasteiger partial charge in [-0.15, -0.1) is 0 Å². The van der Waals surface area contributed by atoms with Crippen molar-refractivity contribution in [1.82, 2.24) is 30.6 Å². The first-order chi connectivity index (χ1) is 14.0. The minimum absolute atomic E-state index is 0.370. The van der Waals surface area contributed by atoms with Gasteiger partial charge in [0.1, 0.15) is 11.2 Å². The van der Waals surface area contributed by atoms with Gasteiger partial charge in [0.2, 0.25) is 5.82 Å². The van der Waals surface area contributed by atoms with Crippen molar-refractivity contribution in [3.05, 3.63) is 54.1 Å². The summed E-state index contributed by atoms with van der Waals surface area (Å²) in [5, 5.41) is 14.4. The highest BCUT2D eigenvalue weighted by Gasteiger charge is 2.43. The SMILES string of the molecule is Cn1nc2ccccc2c1-c1nc(-c2ccc(C3(C)NC(=O)NC3=O)cc2)no1. The van der Waals surface area contributed by atoms with E-state index in [9.17, 15) is 9.59 Å². The number of hydrogen-bond donors (Lipinski definition) is 2. The van der Waals surface area contributed by atoms with E-state index in [1.54, 1.807) is 35.9 Å². The molecule has 4 aromatic rings.